The number of likely N-dealkylation sites (tertiary alicyclic amines) is 1. The van der Waals surface area contributed by atoms with Crippen molar-refractivity contribution in [2.24, 2.45) is 5.92 Å². The number of pyridine rings is 1. The summed E-state index contributed by atoms with van der Waals surface area (Å²) >= 11 is 5.81. The predicted molar refractivity (Wildman–Crippen MR) is 111 cm³/mol. The average molecular weight is 447 g/mol. The van der Waals surface area contributed by atoms with Gasteiger partial charge in [-0.1, -0.05) is 11.6 Å². The van der Waals surface area contributed by atoms with Gasteiger partial charge in [0.2, 0.25) is 0 Å². The number of piperidine rings is 1. The van der Waals surface area contributed by atoms with Crippen molar-refractivity contribution in [2.75, 3.05) is 13.1 Å². The van der Waals surface area contributed by atoms with E-state index in [-0.39, 0.29) is 43.1 Å². The molecule has 31 heavy (non-hydrogen) atoms. The first-order valence-electron chi connectivity index (χ1n) is 10.3. The molecule has 2 N–H and O–H groups in total. The predicted octanol–water partition coefficient (Wildman–Crippen LogP) is 3.93. The number of halogens is 3. The van der Waals surface area contributed by atoms with Crippen LogP contribution in [0.25, 0.3) is 10.9 Å². The molecule has 1 aromatic carbocycles. The summed E-state index contributed by atoms with van der Waals surface area (Å²) in [6.45, 7) is 0.366. The second-order valence-electron chi connectivity index (χ2n) is 8.27. The fourth-order valence-electron chi connectivity index (χ4n) is 4.67. The molecular weight excluding hydrogens is 426 g/mol. The number of hydrogen-bond donors (Lipinski definition) is 2. The number of nitrogens with zero attached hydrogens (tertiary/aromatic N) is 3. The summed E-state index contributed by atoms with van der Waals surface area (Å²) in [5.41, 5.74) is 2.78. The maximum atomic E-state index is 15.4. The fourth-order valence-corrected chi connectivity index (χ4v) is 4.78. The second kappa shape index (κ2) is 7.53. The van der Waals surface area contributed by atoms with Gasteiger partial charge in [0.25, 0.3) is 11.8 Å². The first kappa shape index (κ1) is 20.3. The number of fused-ring (bicyclic) bond motifs is 2. The molecule has 0 spiro atoms. The summed E-state index contributed by atoms with van der Waals surface area (Å²) in [5.74, 6) is -4.66. The minimum Gasteiger partial charge on any atom is -0.382 e. The fraction of sp³-hybridized carbons (Fsp3) is 0.409. The standard InChI is InChI=1S/C22H21ClF2N4O2/c23-15-2-4-17(26-11-15)21(31)29-7-5-14(6-8-29)22(24,25)20(30)18-16-3-1-12(16)9-13-10-27-28-19(13)18/h2,4,9-11,14,20,30H,1,3,5-8H2,(H,27,28)/t20-/m1/s1. The Labute approximate surface area is 182 Å². The lowest BCUT2D eigenvalue weighted by Crippen LogP contribution is -2.46. The van der Waals surface area contributed by atoms with Gasteiger partial charge in [-0.25, -0.2) is 13.8 Å². The summed E-state index contributed by atoms with van der Waals surface area (Å²) in [4.78, 5) is 18.1. The number of rotatable bonds is 4. The van der Waals surface area contributed by atoms with Crippen LogP contribution in [0.4, 0.5) is 8.78 Å². The molecule has 2 aromatic heterocycles. The average Bonchev–Trinajstić information content (AvgIpc) is 3.23. The van der Waals surface area contributed by atoms with E-state index in [1.807, 2.05) is 6.07 Å². The molecule has 1 fully saturated rings. The van der Waals surface area contributed by atoms with E-state index in [4.69, 9.17) is 11.6 Å². The highest BCUT2D eigenvalue weighted by molar-refractivity contribution is 6.30. The van der Waals surface area contributed by atoms with Crippen molar-refractivity contribution >= 4 is 28.4 Å². The van der Waals surface area contributed by atoms with Gasteiger partial charge in [0.05, 0.1) is 16.7 Å². The first-order chi connectivity index (χ1) is 14.9. The lowest BCUT2D eigenvalue weighted by Gasteiger charge is -2.38. The van der Waals surface area contributed by atoms with Crippen molar-refractivity contribution in [3.63, 3.8) is 0 Å². The van der Waals surface area contributed by atoms with E-state index < -0.39 is 17.9 Å². The van der Waals surface area contributed by atoms with Gasteiger partial charge < -0.3 is 10.0 Å². The number of aryl methyl sites for hydroxylation is 1. The molecule has 1 aliphatic carbocycles. The minimum absolute atomic E-state index is 0.102. The number of carbonyl (C=O) groups excluding carboxylic acids is 1. The van der Waals surface area contributed by atoms with Crippen molar-refractivity contribution in [1.29, 1.82) is 0 Å². The lowest BCUT2D eigenvalue weighted by molar-refractivity contribution is -0.159. The third-order valence-electron chi connectivity index (χ3n) is 6.54. The summed E-state index contributed by atoms with van der Waals surface area (Å²) < 4.78 is 30.9. The Hall–Kier alpha value is -2.58. The van der Waals surface area contributed by atoms with Gasteiger partial charge in [-0.05, 0) is 55.0 Å². The molecule has 6 nitrogen and oxygen atoms in total. The van der Waals surface area contributed by atoms with E-state index in [2.05, 4.69) is 15.2 Å². The summed E-state index contributed by atoms with van der Waals surface area (Å²) in [6.07, 6.45) is 2.76. The van der Waals surface area contributed by atoms with Gasteiger partial charge in [-0.15, -0.1) is 0 Å². The van der Waals surface area contributed by atoms with Crippen LogP contribution in [0.2, 0.25) is 5.02 Å². The highest BCUT2D eigenvalue weighted by atomic mass is 35.5. The van der Waals surface area contributed by atoms with Crippen molar-refractivity contribution in [3.8, 4) is 0 Å². The van der Waals surface area contributed by atoms with Gasteiger partial charge in [0.1, 0.15) is 11.8 Å². The normalized spacial score (nSPS) is 18.0. The van der Waals surface area contributed by atoms with Crippen molar-refractivity contribution in [2.45, 2.75) is 37.7 Å². The van der Waals surface area contributed by atoms with Crippen LogP contribution in [-0.2, 0) is 12.8 Å². The number of hydrogen-bond acceptors (Lipinski definition) is 4. The number of amides is 1. The number of aliphatic hydroxyl groups is 1. The molecule has 3 heterocycles. The molecule has 0 bridgehead atoms. The van der Waals surface area contributed by atoms with Crippen molar-refractivity contribution in [1.82, 2.24) is 20.1 Å². The molecule has 1 amide bonds. The van der Waals surface area contributed by atoms with Gasteiger partial charge >= 0.3 is 0 Å². The number of aromatic nitrogens is 3. The number of carbonyl (C=O) groups is 1. The van der Waals surface area contributed by atoms with E-state index in [0.29, 0.717) is 17.0 Å². The summed E-state index contributed by atoms with van der Waals surface area (Å²) in [5, 5.41) is 18.7. The van der Waals surface area contributed by atoms with Gasteiger partial charge in [0, 0.05) is 36.2 Å². The molecule has 2 aliphatic rings. The Morgan fingerprint density at radius 2 is 2.03 bits per heavy atom. The first-order valence-corrected chi connectivity index (χ1v) is 10.7. The number of aromatic amines is 1. The Morgan fingerprint density at radius 3 is 2.68 bits per heavy atom. The SMILES string of the molecule is O=C(c1ccc(Cl)cn1)N1CCC(C(F)(F)[C@H](O)c2c3c(cc4cn[nH]c24)CC3)CC1. The van der Waals surface area contributed by atoms with Gasteiger partial charge in [-0.3, -0.25) is 9.89 Å². The molecule has 1 atom stereocenters. The quantitative estimate of drug-likeness (QED) is 0.636. The number of aliphatic hydroxyl groups excluding tert-OH is 1. The third kappa shape index (κ3) is 3.38. The molecule has 0 unspecified atom stereocenters. The van der Waals surface area contributed by atoms with Crippen LogP contribution in [0.5, 0.6) is 0 Å². The zero-order valence-corrected chi connectivity index (χ0v) is 17.4. The maximum absolute atomic E-state index is 15.4. The molecule has 1 aliphatic heterocycles. The Balaban J connectivity index is 1.33. The van der Waals surface area contributed by atoms with Crippen molar-refractivity contribution < 1.29 is 18.7 Å². The number of nitrogens with one attached hydrogen (secondary N) is 1. The second-order valence-corrected chi connectivity index (χ2v) is 8.70. The Kier molecular flexibility index (Phi) is 4.94. The van der Waals surface area contributed by atoms with E-state index in [1.165, 1.54) is 17.2 Å². The smallest absolute Gasteiger partial charge is 0.280 e. The van der Waals surface area contributed by atoms with Crippen LogP contribution in [0.15, 0.2) is 30.6 Å². The zero-order chi connectivity index (χ0) is 21.8. The van der Waals surface area contributed by atoms with E-state index >= 15 is 8.78 Å². The lowest BCUT2D eigenvalue weighted by atomic mass is 9.77. The highest BCUT2D eigenvalue weighted by Crippen LogP contribution is 2.47. The van der Waals surface area contributed by atoms with Gasteiger partial charge in [-0.2, -0.15) is 5.10 Å². The molecule has 9 heteroatoms. The van der Waals surface area contributed by atoms with Gasteiger partial charge in [0.15, 0.2) is 0 Å². The number of benzene rings is 1. The van der Waals surface area contributed by atoms with Crippen LogP contribution >= 0.6 is 11.6 Å². The van der Waals surface area contributed by atoms with Crippen LogP contribution in [0.1, 0.15) is 46.1 Å². The van der Waals surface area contributed by atoms with E-state index in [1.54, 1.807) is 12.3 Å². The number of H-pyrrole nitrogens is 1. The molecule has 0 radical (unpaired) electrons. The highest BCUT2D eigenvalue weighted by Gasteiger charge is 2.50. The molecule has 3 aromatic rings. The maximum Gasteiger partial charge on any atom is 0.280 e. The Morgan fingerprint density at radius 1 is 1.26 bits per heavy atom. The molecule has 5 rings (SSSR count). The largest absolute Gasteiger partial charge is 0.382 e. The van der Waals surface area contributed by atoms with E-state index in [0.717, 1.165) is 22.9 Å². The van der Waals surface area contributed by atoms with Crippen molar-refractivity contribution in [3.05, 3.63) is 58.0 Å². The summed E-state index contributed by atoms with van der Waals surface area (Å²) in [6, 6.07) is 5.05. The molecular formula is C22H21ClF2N4O2. The molecule has 1 saturated heterocycles. The third-order valence-corrected chi connectivity index (χ3v) is 6.76. The Bertz CT molecular complexity index is 1140. The van der Waals surface area contributed by atoms with E-state index in [9.17, 15) is 9.90 Å². The van der Waals surface area contributed by atoms with Crippen LogP contribution < -0.4 is 0 Å². The topological polar surface area (TPSA) is 82.1 Å². The minimum atomic E-state index is -3.32. The van der Waals surface area contributed by atoms with Crippen LogP contribution in [0, 0.1) is 5.92 Å². The van der Waals surface area contributed by atoms with Crippen LogP contribution in [-0.4, -0.2) is 50.1 Å². The van der Waals surface area contributed by atoms with Crippen LogP contribution in [0.3, 0.4) is 0 Å². The number of alkyl halides is 2. The molecule has 162 valence electrons. The summed E-state index contributed by atoms with van der Waals surface area (Å²) in [7, 11) is 0. The molecule has 0 saturated carbocycles. The zero-order valence-electron chi connectivity index (χ0n) is 16.6. The monoisotopic (exact) mass is 446 g/mol.